The van der Waals surface area contributed by atoms with Gasteiger partial charge in [0.1, 0.15) is 0 Å². The number of carbonyl (C=O) groups is 2. The minimum Gasteiger partial charge on any atom is -0.338 e. The molecule has 0 N–H and O–H groups in total. The molecule has 36 heavy (non-hydrogen) atoms. The van der Waals surface area contributed by atoms with Crippen LogP contribution >= 0.6 is 11.6 Å². The van der Waals surface area contributed by atoms with Crippen LogP contribution in [0, 0.1) is 5.92 Å². The lowest BCUT2D eigenvalue weighted by atomic mass is 9.86. The predicted octanol–water partition coefficient (Wildman–Crippen LogP) is 5.80. The molecule has 3 aromatic carbocycles. The second kappa shape index (κ2) is 9.62. The number of amides is 2. The van der Waals surface area contributed by atoms with Gasteiger partial charge in [0.15, 0.2) is 0 Å². The van der Waals surface area contributed by atoms with Gasteiger partial charge in [0.2, 0.25) is 5.91 Å². The molecule has 0 unspecified atom stereocenters. The number of hydrogen-bond donors (Lipinski definition) is 0. The third-order valence-electron chi connectivity index (χ3n) is 7.10. The van der Waals surface area contributed by atoms with Crippen molar-refractivity contribution in [3.63, 3.8) is 0 Å². The van der Waals surface area contributed by atoms with Gasteiger partial charge in [-0.15, -0.1) is 0 Å². The molecule has 0 aliphatic carbocycles. The van der Waals surface area contributed by atoms with E-state index in [0.29, 0.717) is 29.2 Å². The van der Waals surface area contributed by atoms with E-state index >= 15 is 0 Å². The minimum absolute atomic E-state index is 0.138. The highest BCUT2D eigenvalue weighted by atomic mass is 35.5. The van der Waals surface area contributed by atoms with Crippen LogP contribution in [0.15, 0.2) is 72.8 Å². The molecule has 0 aromatic heterocycles. The molecule has 1 saturated heterocycles. The molecule has 3 aromatic rings. The number of benzene rings is 3. The fourth-order valence-electron chi connectivity index (χ4n) is 5.20. The Kier molecular flexibility index (Phi) is 6.51. The molecule has 0 bridgehead atoms. The van der Waals surface area contributed by atoms with Gasteiger partial charge in [0.25, 0.3) is 5.91 Å². The molecule has 0 saturated carbocycles. The Bertz CT molecular complexity index is 1290. The maximum atomic E-state index is 13.8. The maximum absolute atomic E-state index is 13.8. The lowest BCUT2D eigenvalue weighted by Gasteiger charge is -2.32. The van der Waals surface area contributed by atoms with Gasteiger partial charge in [-0.1, -0.05) is 54.1 Å². The van der Waals surface area contributed by atoms with E-state index in [1.54, 1.807) is 40.1 Å². The monoisotopic (exact) mass is 512 g/mol. The van der Waals surface area contributed by atoms with Gasteiger partial charge in [0, 0.05) is 42.7 Å². The highest BCUT2D eigenvalue weighted by molar-refractivity contribution is 6.30. The largest absolute Gasteiger partial charge is 0.416 e. The van der Waals surface area contributed by atoms with Crippen molar-refractivity contribution in [1.82, 2.24) is 9.80 Å². The van der Waals surface area contributed by atoms with E-state index < -0.39 is 23.6 Å². The summed E-state index contributed by atoms with van der Waals surface area (Å²) >= 11 is 5.95. The second-order valence-electron chi connectivity index (χ2n) is 9.33. The first-order valence-corrected chi connectivity index (χ1v) is 12.2. The van der Waals surface area contributed by atoms with Gasteiger partial charge in [0.05, 0.1) is 11.5 Å². The van der Waals surface area contributed by atoms with Gasteiger partial charge in [-0.3, -0.25) is 9.59 Å². The van der Waals surface area contributed by atoms with Crippen molar-refractivity contribution in [1.29, 1.82) is 0 Å². The van der Waals surface area contributed by atoms with Crippen LogP contribution in [0.25, 0.3) is 0 Å². The molecule has 2 aliphatic heterocycles. The number of alkyl halides is 3. The van der Waals surface area contributed by atoms with E-state index in [9.17, 15) is 22.8 Å². The number of likely N-dealkylation sites (tertiary alicyclic amines) is 1. The van der Waals surface area contributed by atoms with Crippen molar-refractivity contribution in [2.24, 2.45) is 5.92 Å². The summed E-state index contributed by atoms with van der Waals surface area (Å²) in [5.74, 6) is -1.61. The van der Waals surface area contributed by atoms with Crippen molar-refractivity contribution in [2.75, 3.05) is 19.6 Å². The van der Waals surface area contributed by atoms with Gasteiger partial charge in [-0.25, -0.2) is 0 Å². The summed E-state index contributed by atoms with van der Waals surface area (Å²) in [5.41, 5.74) is 2.33. The van der Waals surface area contributed by atoms with Gasteiger partial charge in [-0.05, 0) is 53.4 Å². The molecule has 0 spiro atoms. The summed E-state index contributed by atoms with van der Waals surface area (Å²) < 4.78 is 40.4. The molecule has 2 aliphatic rings. The molecular weight excluding hydrogens is 489 g/mol. The van der Waals surface area contributed by atoms with Crippen LogP contribution in [0.5, 0.6) is 0 Å². The fourth-order valence-corrected chi connectivity index (χ4v) is 5.32. The Morgan fingerprint density at radius 1 is 0.861 bits per heavy atom. The minimum atomic E-state index is -4.50. The zero-order chi connectivity index (χ0) is 25.4. The van der Waals surface area contributed by atoms with Crippen LogP contribution in [0.2, 0.25) is 5.02 Å². The van der Waals surface area contributed by atoms with E-state index in [1.165, 1.54) is 11.6 Å². The average Bonchev–Trinajstić information content (AvgIpc) is 3.33. The number of nitrogens with zero attached hydrogens (tertiary/aromatic N) is 2. The molecule has 2 atom stereocenters. The van der Waals surface area contributed by atoms with Gasteiger partial charge in [-0.2, -0.15) is 13.2 Å². The molecular formula is C28H24ClF3N2O2. The third kappa shape index (κ3) is 4.85. The van der Waals surface area contributed by atoms with Crippen LogP contribution in [0.4, 0.5) is 13.2 Å². The summed E-state index contributed by atoms with van der Waals surface area (Å²) in [6.45, 7) is 1.28. The Morgan fingerprint density at radius 3 is 2.31 bits per heavy atom. The van der Waals surface area contributed by atoms with E-state index in [4.69, 9.17) is 11.6 Å². The standard InChI is InChI=1S/C28H24ClF3N2O2/c29-23-10-8-19(9-11-23)26(35)34-16-24(20-6-3-7-22(14-20)28(30,31)32)25(17-34)27(36)33-13-12-18-4-1-2-5-21(18)15-33/h1-11,14,24-25H,12-13,15-17H2/t24-,25-/m1/s1. The summed E-state index contributed by atoms with van der Waals surface area (Å²) in [4.78, 5) is 30.4. The van der Waals surface area contributed by atoms with Crippen molar-refractivity contribution in [3.8, 4) is 0 Å². The van der Waals surface area contributed by atoms with Crippen LogP contribution in [-0.4, -0.2) is 41.2 Å². The summed E-state index contributed by atoms with van der Waals surface area (Å²) in [6.07, 6.45) is -3.78. The maximum Gasteiger partial charge on any atom is 0.416 e. The van der Waals surface area contributed by atoms with Gasteiger partial charge < -0.3 is 9.80 Å². The molecule has 1 fully saturated rings. The van der Waals surface area contributed by atoms with E-state index in [-0.39, 0.29) is 24.9 Å². The van der Waals surface area contributed by atoms with Gasteiger partial charge >= 0.3 is 6.18 Å². The highest BCUT2D eigenvalue weighted by Crippen LogP contribution is 2.38. The SMILES string of the molecule is O=C(c1ccc(Cl)cc1)N1C[C@H](c2cccc(C(F)(F)F)c2)[C@H](C(=O)N2CCc3ccccc3C2)C1. The quantitative estimate of drug-likeness (QED) is 0.445. The normalized spacial score (nSPS) is 19.8. The first-order valence-electron chi connectivity index (χ1n) is 11.8. The van der Waals surface area contributed by atoms with Crippen molar-refractivity contribution >= 4 is 23.4 Å². The number of carbonyl (C=O) groups excluding carboxylic acids is 2. The number of hydrogen-bond acceptors (Lipinski definition) is 2. The van der Waals surface area contributed by atoms with Crippen molar-refractivity contribution < 1.29 is 22.8 Å². The lowest BCUT2D eigenvalue weighted by molar-refractivity contribution is -0.137. The summed E-state index contributed by atoms with van der Waals surface area (Å²) in [6, 6.07) is 19.5. The van der Waals surface area contributed by atoms with Crippen LogP contribution in [0.3, 0.4) is 0 Å². The molecule has 186 valence electrons. The fraction of sp³-hybridized carbons (Fsp3) is 0.286. The predicted molar refractivity (Wildman–Crippen MR) is 131 cm³/mol. The topological polar surface area (TPSA) is 40.6 Å². The molecule has 8 heteroatoms. The zero-order valence-corrected chi connectivity index (χ0v) is 20.1. The van der Waals surface area contributed by atoms with Crippen LogP contribution in [-0.2, 0) is 23.9 Å². The number of rotatable bonds is 3. The Morgan fingerprint density at radius 2 is 1.58 bits per heavy atom. The molecule has 2 heterocycles. The summed E-state index contributed by atoms with van der Waals surface area (Å²) in [7, 11) is 0. The first-order chi connectivity index (χ1) is 17.2. The third-order valence-corrected chi connectivity index (χ3v) is 7.35. The highest BCUT2D eigenvalue weighted by Gasteiger charge is 2.43. The van der Waals surface area contributed by atoms with Crippen LogP contribution < -0.4 is 0 Å². The molecule has 5 rings (SSSR count). The zero-order valence-electron chi connectivity index (χ0n) is 19.3. The molecule has 4 nitrogen and oxygen atoms in total. The number of fused-ring (bicyclic) bond motifs is 1. The Labute approximate surface area is 212 Å². The number of halogens is 4. The smallest absolute Gasteiger partial charge is 0.338 e. The van der Waals surface area contributed by atoms with E-state index in [2.05, 4.69) is 0 Å². The average molecular weight is 513 g/mol. The van der Waals surface area contributed by atoms with Crippen molar-refractivity contribution in [2.45, 2.75) is 25.1 Å². The Balaban J connectivity index is 1.45. The summed E-state index contributed by atoms with van der Waals surface area (Å²) in [5, 5.41) is 0.494. The Hall–Kier alpha value is -3.32. The molecule has 2 amide bonds. The van der Waals surface area contributed by atoms with Crippen molar-refractivity contribution in [3.05, 3.63) is 106 Å². The van der Waals surface area contributed by atoms with E-state index in [1.807, 2.05) is 24.3 Å². The van der Waals surface area contributed by atoms with Crippen LogP contribution in [0.1, 0.15) is 38.5 Å². The first kappa shape index (κ1) is 24.4. The second-order valence-corrected chi connectivity index (χ2v) is 9.77. The lowest BCUT2D eigenvalue weighted by Crippen LogP contribution is -2.42. The molecule has 0 radical (unpaired) electrons. The van der Waals surface area contributed by atoms with E-state index in [0.717, 1.165) is 24.1 Å².